The quantitative estimate of drug-likeness (QED) is 0.496. The third kappa shape index (κ3) is 6.34. The Morgan fingerprint density at radius 1 is 1.00 bits per heavy atom. The van der Waals surface area contributed by atoms with Gasteiger partial charge < -0.3 is 14.6 Å². The van der Waals surface area contributed by atoms with Gasteiger partial charge in [-0.3, -0.25) is 9.59 Å². The van der Waals surface area contributed by atoms with Gasteiger partial charge in [-0.2, -0.15) is 0 Å². The van der Waals surface area contributed by atoms with Crippen molar-refractivity contribution >= 4 is 21.8 Å². The fourth-order valence-corrected chi connectivity index (χ4v) is 5.33. The van der Waals surface area contributed by atoms with Crippen LogP contribution in [0.1, 0.15) is 29.0 Å². The highest BCUT2D eigenvalue weighted by Gasteiger charge is 2.31. The number of rotatable bonds is 8. The molecule has 184 valence electrons. The molecule has 2 N–H and O–H groups in total. The molecule has 0 bridgehead atoms. The molecule has 4 rings (SSSR count). The van der Waals surface area contributed by atoms with E-state index >= 15 is 0 Å². The summed E-state index contributed by atoms with van der Waals surface area (Å²) in [6, 6.07) is 16.0. The van der Waals surface area contributed by atoms with Gasteiger partial charge >= 0.3 is 0 Å². The number of hydrogen-bond donors (Lipinski definition) is 2. The van der Waals surface area contributed by atoms with E-state index in [1.54, 1.807) is 11.0 Å². The van der Waals surface area contributed by atoms with E-state index in [2.05, 4.69) is 10.0 Å². The minimum Gasteiger partial charge on any atom is -0.459 e. The van der Waals surface area contributed by atoms with Crippen molar-refractivity contribution in [3.05, 3.63) is 90.1 Å². The van der Waals surface area contributed by atoms with Gasteiger partial charge in [-0.1, -0.05) is 30.3 Å². The number of piperidine rings is 1. The molecular formula is C25H26FN3O5S. The summed E-state index contributed by atoms with van der Waals surface area (Å²) in [6.45, 7) is 0.661. The van der Waals surface area contributed by atoms with Crippen LogP contribution in [0, 0.1) is 5.82 Å². The molecule has 10 heteroatoms. The third-order valence-electron chi connectivity index (χ3n) is 5.88. The van der Waals surface area contributed by atoms with Crippen LogP contribution < -0.4 is 10.0 Å². The zero-order chi connectivity index (χ0) is 24.8. The molecule has 1 aromatic heterocycles. The Bertz CT molecular complexity index is 1240. The number of nitrogens with zero attached hydrogens (tertiary/aromatic N) is 1. The highest BCUT2D eigenvalue weighted by atomic mass is 32.2. The smallest absolute Gasteiger partial charge is 0.287 e. The molecule has 1 saturated heterocycles. The standard InChI is InChI=1S/C25H26FN3O5S/c26-19-8-10-21(11-9-19)35(32,33)28-20-12-14-29(15-13-20)25(31)22(17-18-5-2-1-3-6-18)27-24(30)23-7-4-16-34-23/h1-11,16,20,22,28H,12-15,17H2,(H,27,30). The van der Waals surface area contributed by atoms with E-state index in [9.17, 15) is 22.4 Å². The largest absolute Gasteiger partial charge is 0.459 e. The van der Waals surface area contributed by atoms with Crippen molar-refractivity contribution in [2.24, 2.45) is 0 Å². The van der Waals surface area contributed by atoms with Crippen LogP contribution in [0.5, 0.6) is 0 Å². The van der Waals surface area contributed by atoms with Gasteiger partial charge in [0.05, 0.1) is 11.2 Å². The Morgan fingerprint density at radius 2 is 1.69 bits per heavy atom. The third-order valence-corrected chi connectivity index (χ3v) is 7.42. The first kappa shape index (κ1) is 24.6. The van der Waals surface area contributed by atoms with Crippen molar-refractivity contribution in [3.63, 3.8) is 0 Å². The molecule has 1 fully saturated rings. The number of carbonyl (C=O) groups is 2. The molecule has 2 amide bonds. The van der Waals surface area contributed by atoms with Gasteiger partial charge in [0.15, 0.2) is 5.76 Å². The van der Waals surface area contributed by atoms with E-state index < -0.39 is 27.8 Å². The van der Waals surface area contributed by atoms with E-state index in [1.165, 1.54) is 24.5 Å². The summed E-state index contributed by atoms with van der Waals surface area (Å²) in [7, 11) is -3.80. The lowest BCUT2D eigenvalue weighted by Crippen LogP contribution is -2.53. The van der Waals surface area contributed by atoms with Crippen LogP contribution in [0.3, 0.4) is 0 Å². The average Bonchev–Trinajstić information content (AvgIpc) is 3.40. The maximum absolute atomic E-state index is 13.4. The lowest BCUT2D eigenvalue weighted by atomic mass is 10.0. The minimum absolute atomic E-state index is 0.0130. The number of carbonyl (C=O) groups excluding carboxylic acids is 2. The second-order valence-electron chi connectivity index (χ2n) is 8.37. The Kier molecular flexibility index (Phi) is 7.62. The van der Waals surface area contributed by atoms with Crippen molar-refractivity contribution in [1.29, 1.82) is 0 Å². The molecule has 2 aromatic carbocycles. The summed E-state index contributed by atoms with van der Waals surface area (Å²) in [4.78, 5) is 27.6. The second kappa shape index (κ2) is 10.8. The van der Waals surface area contributed by atoms with E-state index in [0.717, 1.165) is 17.7 Å². The van der Waals surface area contributed by atoms with Crippen LogP contribution in [0.4, 0.5) is 4.39 Å². The molecule has 3 aromatic rings. The number of hydrogen-bond acceptors (Lipinski definition) is 5. The number of likely N-dealkylation sites (tertiary alicyclic amines) is 1. The van der Waals surface area contributed by atoms with Crippen molar-refractivity contribution in [1.82, 2.24) is 14.9 Å². The van der Waals surface area contributed by atoms with Gasteiger partial charge in [0.1, 0.15) is 11.9 Å². The normalized spacial score (nSPS) is 15.5. The van der Waals surface area contributed by atoms with Gasteiger partial charge in [0.2, 0.25) is 15.9 Å². The molecule has 1 atom stereocenters. The second-order valence-corrected chi connectivity index (χ2v) is 10.1. The SMILES string of the molecule is O=C(NC(Cc1ccccc1)C(=O)N1CCC(NS(=O)(=O)c2ccc(F)cc2)CC1)c1ccco1. The van der Waals surface area contributed by atoms with Gasteiger partial charge in [-0.15, -0.1) is 0 Å². The van der Waals surface area contributed by atoms with E-state index in [-0.39, 0.29) is 22.6 Å². The van der Waals surface area contributed by atoms with E-state index in [4.69, 9.17) is 4.42 Å². The summed E-state index contributed by atoms with van der Waals surface area (Å²) in [5.41, 5.74) is 0.896. The molecule has 0 spiro atoms. The van der Waals surface area contributed by atoms with E-state index in [1.807, 2.05) is 30.3 Å². The number of amides is 2. The number of halogens is 1. The molecule has 0 radical (unpaired) electrons. The summed E-state index contributed by atoms with van der Waals surface area (Å²) in [6.07, 6.45) is 2.52. The summed E-state index contributed by atoms with van der Waals surface area (Å²) >= 11 is 0. The Balaban J connectivity index is 1.39. The Morgan fingerprint density at radius 3 is 2.31 bits per heavy atom. The molecule has 0 saturated carbocycles. The Labute approximate surface area is 203 Å². The first-order valence-electron chi connectivity index (χ1n) is 11.3. The molecular weight excluding hydrogens is 473 g/mol. The topological polar surface area (TPSA) is 109 Å². The van der Waals surface area contributed by atoms with Crippen molar-refractivity contribution < 1.29 is 26.8 Å². The summed E-state index contributed by atoms with van der Waals surface area (Å²) < 4.78 is 46.1. The van der Waals surface area contributed by atoms with Crippen LogP contribution in [0.15, 0.2) is 82.3 Å². The van der Waals surface area contributed by atoms with Crippen LogP contribution in [0.25, 0.3) is 0 Å². The number of benzene rings is 2. The van der Waals surface area contributed by atoms with Crippen LogP contribution in [0.2, 0.25) is 0 Å². The zero-order valence-corrected chi connectivity index (χ0v) is 19.7. The molecule has 2 heterocycles. The first-order chi connectivity index (χ1) is 16.8. The lowest BCUT2D eigenvalue weighted by Gasteiger charge is -2.34. The fraction of sp³-hybridized carbons (Fsp3) is 0.280. The summed E-state index contributed by atoms with van der Waals surface area (Å²) in [5, 5.41) is 2.77. The van der Waals surface area contributed by atoms with Gasteiger partial charge in [0, 0.05) is 25.6 Å². The zero-order valence-electron chi connectivity index (χ0n) is 18.9. The molecule has 1 aliphatic rings. The van der Waals surface area contributed by atoms with Crippen LogP contribution in [-0.2, 0) is 21.2 Å². The minimum atomic E-state index is -3.80. The monoisotopic (exact) mass is 499 g/mol. The predicted molar refractivity (Wildman–Crippen MR) is 126 cm³/mol. The number of furan rings is 1. The number of sulfonamides is 1. The predicted octanol–water partition coefficient (Wildman–Crippen LogP) is 2.73. The van der Waals surface area contributed by atoms with Crippen molar-refractivity contribution in [3.8, 4) is 0 Å². The fourth-order valence-electron chi connectivity index (χ4n) is 4.03. The number of nitrogens with one attached hydrogen (secondary N) is 2. The summed E-state index contributed by atoms with van der Waals surface area (Å²) in [5.74, 6) is -1.12. The average molecular weight is 500 g/mol. The van der Waals surface area contributed by atoms with Gasteiger partial charge in [0.25, 0.3) is 5.91 Å². The van der Waals surface area contributed by atoms with Crippen LogP contribution >= 0.6 is 0 Å². The maximum Gasteiger partial charge on any atom is 0.287 e. The molecule has 1 unspecified atom stereocenters. The molecule has 0 aliphatic carbocycles. The van der Waals surface area contributed by atoms with Gasteiger partial charge in [-0.05, 0) is 54.8 Å². The maximum atomic E-state index is 13.4. The lowest BCUT2D eigenvalue weighted by molar-refractivity contribution is -0.134. The van der Waals surface area contributed by atoms with E-state index in [0.29, 0.717) is 32.4 Å². The molecule has 1 aliphatic heterocycles. The highest BCUT2D eigenvalue weighted by Crippen LogP contribution is 2.17. The van der Waals surface area contributed by atoms with Gasteiger partial charge in [-0.25, -0.2) is 17.5 Å². The van der Waals surface area contributed by atoms with Crippen LogP contribution in [-0.4, -0.2) is 50.3 Å². The molecule has 35 heavy (non-hydrogen) atoms. The van der Waals surface area contributed by atoms with Crippen molar-refractivity contribution in [2.75, 3.05) is 13.1 Å². The highest BCUT2D eigenvalue weighted by molar-refractivity contribution is 7.89. The Hall–Kier alpha value is -3.50. The first-order valence-corrected chi connectivity index (χ1v) is 12.7. The van der Waals surface area contributed by atoms with Crippen molar-refractivity contribution in [2.45, 2.75) is 36.2 Å². The molecule has 8 nitrogen and oxygen atoms in total.